The Kier molecular flexibility index (Phi) is 5.23. The molecule has 0 amide bonds. The van der Waals surface area contributed by atoms with Crippen molar-refractivity contribution < 1.29 is 9.50 Å². The van der Waals surface area contributed by atoms with Crippen LogP contribution in [-0.4, -0.2) is 17.2 Å². The summed E-state index contributed by atoms with van der Waals surface area (Å²) in [7, 11) is 0. The molecule has 0 aliphatic carbocycles. The second-order valence-corrected chi connectivity index (χ2v) is 7.28. The Morgan fingerprint density at radius 3 is 1.83 bits per heavy atom. The maximum atomic E-state index is 13.0. The first-order valence-corrected chi connectivity index (χ1v) is 8.01. The van der Waals surface area contributed by atoms with Gasteiger partial charge < -0.3 is 10.4 Å². The van der Waals surface area contributed by atoms with Gasteiger partial charge in [-0.3, -0.25) is 0 Å². The molecule has 0 saturated heterocycles. The lowest BCUT2D eigenvalue weighted by Crippen LogP contribution is -2.39. The van der Waals surface area contributed by atoms with Crippen LogP contribution in [0, 0.1) is 5.82 Å². The third kappa shape index (κ3) is 5.15. The molecule has 3 heteroatoms. The Bertz CT molecular complexity index is 624. The lowest BCUT2D eigenvalue weighted by atomic mass is 9.90. The Balaban J connectivity index is 2.07. The molecular weight excluding hydrogens is 289 g/mol. The molecule has 0 spiro atoms. The van der Waals surface area contributed by atoms with Crippen LogP contribution >= 0.6 is 0 Å². The average molecular weight is 315 g/mol. The van der Waals surface area contributed by atoms with E-state index in [2.05, 4.69) is 26.1 Å². The summed E-state index contributed by atoms with van der Waals surface area (Å²) in [6.45, 7) is 8.91. The zero-order chi connectivity index (χ0) is 17.1. The minimum absolute atomic E-state index is 0.0442. The van der Waals surface area contributed by atoms with Gasteiger partial charge in [0.05, 0.1) is 5.60 Å². The Morgan fingerprint density at radius 2 is 1.35 bits per heavy atom. The van der Waals surface area contributed by atoms with Gasteiger partial charge in [0.2, 0.25) is 0 Å². The van der Waals surface area contributed by atoms with Crippen LogP contribution in [0.5, 0.6) is 0 Å². The smallest absolute Gasteiger partial charge is 0.123 e. The summed E-state index contributed by atoms with van der Waals surface area (Å²) < 4.78 is 13.0. The molecule has 0 aliphatic rings. The molecule has 0 aromatic heterocycles. The van der Waals surface area contributed by atoms with Crippen LogP contribution in [0.25, 0.3) is 11.1 Å². The first kappa shape index (κ1) is 17.6. The van der Waals surface area contributed by atoms with Gasteiger partial charge in [0, 0.05) is 5.54 Å². The number of aliphatic hydroxyl groups is 1. The van der Waals surface area contributed by atoms with E-state index in [1.165, 1.54) is 12.1 Å². The first-order valence-electron chi connectivity index (χ1n) is 8.01. The van der Waals surface area contributed by atoms with Gasteiger partial charge in [-0.2, -0.15) is 0 Å². The van der Waals surface area contributed by atoms with Gasteiger partial charge in [-0.15, -0.1) is 0 Å². The molecule has 1 atom stereocenters. The normalized spacial score (nSPS) is 14.5. The minimum Gasteiger partial charge on any atom is -0.385 e. The number of nitrogens with one attached hydrogen (secondary N) is 1. The van der Waals surface area contributed by atoms with Crippen LogP contribution in [0.2, 0.25) is 0 Å². The zero-order valence-corrected chi connectivity index (χ0v) is 14.4. The predicted molar refractivity (Wildman–Crippen MR) is 93.8 cm³/mol. The van der Waals surface area contributed by atoms with E-state index in [-0.39, 0.29) is 11.4 Å². The molecule has 2 rings (SSSR count). The second-order valence-electron chi connectivity index (χ2n) is 7.28. The van der Waals surface area contributed by atoms with Gasteiger partial charge in [0.25, 0.3) is 0 Å². The van der Waals surface area contributed by atoms with Crippen LogP contribution < -0.4 is 5.32 Å². The largest absolute Gasteiger partial charge is 0.385 e. The maximum absolute atomic E-state index is 13.0. The number of benzene rings is 2. The summed E-state index contributed by atoms with van der Waals surface area (Å²) in [5.41, 5.74) is 2.03. The summed E-state index contributed by atoms with van der Waals surface area (Å²) in [5, 5.41) is 14.1. The number of hydrogen-bond donors (Lipinski definition) is 2. The third-order valence-corrected chi connectivity index (χ3v) is 3.95. The molecule has 2 aromatic rings. The van der Waals surface area contributed by atoms with Crippen molar-refractivity contribution in [1.29, 1.82) is 0 Å². The Labute approximate surface area is 138 Å². The molecule has 0 aliphatic heterocycles. The molecule has 2 N–H and O–H groups in total. The molecule has 2 aromatic carbocycles. The highest BCUT2D eigenvalue weighted by atomic mass is 19.1. The van der Waals surface area contributed by atoms with Gasteiger partial charge in [-0.1, -0.05) is 36.4 Å². The zero-order valence-electron chi connectivity index (χ0n) is 14.4. The molecule has 0 fully saturated rings. The van der Waals surface area contributed by atoms with E-state index in [4.69, 9.17) is 0 Å². The first-order chi connectivity index (χ1) is 10.7. The van der Waals surface area contributed by atoms with Crippen molar-refractivity contribution in [3.05, 3.63) is 59.9 Å². The van der Waals surface area contributed by atoms with Crippen LogP contribution in [0.3, 0.4) is 0 Å². The Hall–Kier alpha value is -1.71. The molecule has 1 unspecified atom stereocenters. The Morgan fingerprint density at radius 1 is 0.870 bits per heavy atom. The van der Waals surface area contributed by atoms with E-state index in [1.807, 2.05) is 31.2 Å². The fourth-order valence-corrected chi connectivity index (χ4v) is 2.49. The van der Waals surface area contributed by atoms with Crippen molar-refractivity contribution in [2.24, 2.45) is 0 Å². The highest BCUT2D eigenvalue weighted by Gasteiger charge is 2.23. The summed E-state index contributed by atoms with van der Waals surface area (Å²) in [5.74, 6) is -0.236. The van der Waals surface area contributed by atoms with Crippen LogP contribution in [0.4, 0.5) is 4.39 Å². The van der Waals surface area contributed by atoms with Crippen LogP contribution in [0.15, 0.2) is 48.5 Å². The van der Waals surface area contributed by atoms with Gasteiger partial charge in [-0.25, -0.2) is 4.39 Å². The summed E-state index contributed by atoms with van der Waals surface area (Å²) in [6, 6.07) is 14.2. The van der Waals surface area contributed by atoms with Crippen LogP contribution in [-0.2, 0) is 5.60 Å². The monoisotopic (exact) mass is 315 g/mol. The lowest BCUT2D eigenvalue weighted by Gasteiger charge is -2.27. The number of hydrogen-bond acceptors (Lipinski definition) is 2. The van der Waals surface area contributed by atoms with Crippen molar-refractivity contribution >= 4 is 0 Å². The standard InChI is InChI=1S/C20H26FNO/c1-19(2,3)22-14-13-20(4,23)17-9-5-15(6-10-17)16-7-11-18(21)12-8-16/h5-12,22-23H,13-14H2,1-4H3. The van der Waals surface area contributed by atoms with E-state index in [0.29, 0.717) is 6.42 Å². The fraction of sp³-hybridized carbons (Fsp3) is 0.400. The topological polar surface area (TPSA) is 32.3 Å². The second kappa shape index (κ2) is 6.81. The van der Waals surface area contributed by atoms with Crippen molar-refractivity contribution in [1.82, 2.24) is 5.32 Å². The predicted octanol–water partition coefficient (Wildman–Crippen LogP) is 4.48. The molecule has 23 heavy (non-hydrogen) atoms. The van der Waals surface area contributed by atoms with E-state index < -0.39 is 5.60 Å². The minimum atomic E-state index is -0.875. The number of rotatable bonds is 5. The molecule has 0 bridgehead atoms. The van der Waals surface area contributed by atoms with Crippen molar-refractivity contribution in [2.45, 2.75) is 45.3 Å². The SMILES string of the molecule is CC(C)(C)NCCC(C)(O)c1ccc(-c2ccc(F)cc2)cc1. The summed E-state index contributed by atoms with van der Waals surface area (Å²) >= 11 is 0. The van der Waals surface area contributed by atoms with E-state index in [9.17, 15) is 9.50 Å². The third-order valence-electron chi connectivity index (χ3n) is 3.95. The molecule has 0 radical (unpaired) electrons. The van der Waals surface area contributed by atoms with Gasteiger partial charge >= 0.3 is 0 Å². The van der Waals surface area contributed by atoms with Crippen molar-refractivity contribution in [3.63, 3.8) is 0 Å². The van der Waals surface area contributed by atoms with E-state index in [0.717, 1.165) is 23.2 Å². The van der Waals surface area contributed by atoms with Crippen molar-refractivity contribution in [3.8, 4) is 11.1 Å². The number of halogens is 1. The highest BCUT2D eigenvalue weighted by molar-refractivity contribution is 5.63. The van der Waals surface area contributed by atoms with Crippen LogP contribution in [0.1, 0.15) is 39.7 Å². The molecule has 0 heterocycles. The van der Waals surface area contributed by atoms with Crippen molar-refractivity contribution in [2.75, 3.05) is 6.54 Å². The van der Waals surface area contributed by atoms with E-state index in [1.54, 1.807) is 12.1 Å². The quantitative estimate of drug-likeness (QED) is 0.852. The average Bonchev–Trinajstić information content (AvgIpc) is 2.46. The molecule has 124 valence electrons. The van der Waals surface area contributed by atoms with Gasteiger partial charge in [0.1, 0.15) is 5.82 Å². The summed E-state index contributed by atoms with van der Waals surface area (Å²) in [4.78, 5) is 0. The van der Waals surface area contributed by atoms with Gasteiger partial charge in [0.15, 0.2) is 0 Å². The van der Waals surface area contributed by atoms with Gasteiger partial charge in [-0.05, 0) is 69.5 Å². The lowest BCUT2D eigenvalue weighted by molar-refractivity contribution is 0.0464. The fourth-order valence-electron chi connectivity index (χ4n) is 2.49. The highest BCUT2D eigenvalue weighted by Crippen LogP contribution is 2.27. The molecule has 0 saturated carbocycles. The summed E-state index contributed by atoms with van der Waals surface area (Å²) in [6.07, 6.45) is 0.639. The molecule has 2 nitrogen and oxygen atoms in total. The van der Waals surface area contributed by atoms with E-state index >= 15 is 0 Å². The molecular formula is C20H26FNO. The maximum Gasteiger partial charge on any atom is 0.123 e.